The molecule has 0 spiro atoms. The summed E-state index contributed by atoms with van der Waals surface area (Å²) in [6.07, 6.45) is 1.06. The summed E-state index contributed by atoms with van der Waals surface area (Å²) in [6, 6.07) is 6.88. The molecule has 0 unspecified atom stereocenters. The summed E-state index contributed by atoms with van der Waals surface area (Å²) in [5.41, 5.74) is 6.23. The summed E-state index contributed by atoms with van der Waals surface area (Å²) in [4.78, 5) is 7.41. The van der Waals surface area contributed by atoms with Crippen molar-refractivity contribution in [2.75, 3.05) is 12.8 Å². The largest absolute Gasteiger partial charge is 0.497 e. The zero-order chi connectivity index (χ0) is 11.5. The lowest BCUT2D eigenvalue weighted by Gasteiger charge is -2.04. The van der Waals surface area contributed by atoms with Crippen LogP contribution in [0, 0.1) is 5.82 Å². The molecule has 0 aliphatic heterocycles. The molecule has 1 aromatic carbocycles. The van der Waals surface area contributed by atoms with Crippen LogP contribution in [0.3, 0.4) is 0 Å². The predicted molar refractivity (Wildman–Crippen MR) is 58.4 cm³/mol. The third-order valence-electron chi connectivity index (χ3n) is 2.13. The Bertz CT molecular complexity index is 499. The Kier molecular flexibility index (Phi) is 2.68. The van der Waals surface area contributed by atoms with Gasteiger partial charge < -0.3 is 10.5 Å². The highest BCUT2D eigenvalue weighted by atomic mass is 19.1. The van der Waals surface area contributed by atoms with E-state index in [0.717, 1.165) is 6.20 Å². The minimum Gasteiger partial charge on any atom is -0.497 e. The molecule has 16 heavy (non-hydrogen) atoms. The fraction of sp³-hybridized carbons (Fsp3) is 0.0909. The van der Waals surface area contributed by atoms with Crippen molar-refractivity contribution >= 4 is 5.95 Å². The van der Waals surface area contributed by atoms with E-state index in [9.17, 15) is 4.39 Å². The van der Waals surface area contributed by atoms with Crippen molar-refractivity contribution < 1.29 is 9.13 Å². The molecule has 5 heteroatoms. The van der Waals surface area contributed by atoms with Crippen LogP contribution in [0.15, 0.2) is 30.5 Å². The number of hydrogen-bond acceptors (Lipinski definition) is 4. The average Bonchev–Trinajstić information content (AvgIpc) is 2.32. The van der Waals surface area contributed by atoms with Crippen molar-refractivity contribution in [3.8, 4) is 17.0 Å². The lowest BCUT2D eigenvalue weighted by molar-refractivity contribution is 0.415. The van der Waals surface area contributed by atoms with Gasteiger partial charge in [0.2, 0.25) is 5.95 Å². The van der Waals surface area contributed by atoms with Gasteiger partial charge in [-0.1, -0.05) is 0 Å². The Hall–Kier alpha value is -2.17. The van der Waals surface area contributed by atoms with Crippen LogP contribution in [0.1, 0.15) is 0 Å². The zero-order valence-corrected chi connectivity index (χ0v) is 8.64. The second-order valence-electron chi connectivity index (χ2n) is 3.15. The topological polar surface area (TPSA) is 61.0 Å². The first kappa shape index (κ1) is 10.4. The van der Waals surface area contributed by atoms with Crippen LogP contribution >= 0.6 is 0 Å². The van der Waals surface area contributed by atoms with E-state index in [2.05, 4.69) is 9.97 Å². The van der Waals surface area contributed by atoms with E-state index in [1.54, 1.807) is 31.4 Å². The smallest absolute Gasteiger partial charge is 0.220 e. The Morgan fingerprint density at radius 3 is 2.56 bits per heavy atom. The summed E-state index contributed by atoms with van der Waals surface area (Å²) in [6.45, 7) is 0. The highest BCUT2D eigenvalue weighted by Crippen LogP contribution is 2.22. The van der Waals surface area contributed by atoms with Gasteiger partial charge in [0.15, 0.2) is 5.82 Å². The van der Waals surface area contributed by atoms with Crippen LogP contribution in [-0.4, -0.2) is 17.1 Å². The van der Waals surface area contributed by atoms with E-state index in [4.69, 9.17) is 10.5 Å². The summed E-state index contributed by atoms with van der Waals surface area (Å²) in [5.74, 6) is 0.248. The van der Waals surface area contributed by atoms with Gasteiger partial charge in [0.1, 0.15) is 11.4 Å². The van der Waals surface area contributed by atoms with Crippen LogP contribution in [0.5, 0.6) is 5.75 Å². The van der Waals surface area contributed by atoms with Crippen molar-refractivity contribution in [3.63, 3.8) is 0 Å². The third kappa shape index (κ3) is 1.93. The number of nitrogens with zero attached hydrogens (tertiary/aromatic N) is 2. The summed E-state index contributed by atoms with van der Waals surface area (Å²) < 4.78 is 18.4. The van der Waals surface area contributed by atoms with Gasteiger partial charge in [-0.2, -0.15) is 0 Å². The van der Waals surface area contributed by atoms with Gasteiger partial charge in [-0.05, 0) is 24.3 Å². The summed E-state index contributed by atoms with van der Waals surface area (Å²) in [5, 5.41) is 0. The predicted octanol–water partition coefficient (Wildman–Crippen LogP) is 1.87. The minimum atomic E-state index is -0.501. The van der Waals surface area contributed by atoms with Crippen LogP contribution in [0.2, 0.25) is 0 Å². The molecule has 82 valence electrons. The Morgan fingerprint density at radius 1 is 1.25 bits per heavy atom. The quantitative estimate of drug-likeness (QED) is 0.837. The maximum Gasteiger partial charge on any atom is 0.220 e. The number of ether oxygens (including phenoxy) is 1. The molecule has 1 heterocycles. The third-order valence-corrected chi connectivity index (χ3v) is 2.13. The highest BCUT2D eigenvalue weighted by molar-refractivity contribution is 5.61. The molecular formula is C11H10FN3O. The Morgan fingerprint density at radius 2 is 1.94 bits per heavy atom. The first-order chi connectivity index (χ1) is 7.70. The molecule has 0 saturated carbocycles. The Balaban J connectivity index is 2.45. The standard InChI is InChI=1S/C11H10FN3O/c1-16-8-4-2-7(3-5-8)10-9(12)6-14-11(13)15-10/h2-6H,1H3,(H2,13,14,15). The summed E-state index contributed by atoms with van der Waals surface area (Å²) >= 11 is 0. The van der Waals surface area contributed by atoms with Crippen molar-refractivity contribution in [1.29, 1.82) is 0 Å². The van der Waals surface area contributed by atoms with Gasteiger partial charge >= 0.3 is 0 Å². The number of aromatic nitrogens is 2. The average molecular weight is 219 g/mol. The fourth-order valence-electron chi connectivity index (χ4n) is 1.33. The van der Waals surface area contributed by atoms with E-state index in [1.165, 1.54) is 0 Å². The van der Waals surface area contributed by atoms with E-state index >= 15 is 0 Å². The SMILES string of the molecule is COc1ccc(-c2nc(N)ncc2F)cc1. The van der Waals surface area contributed by atoms with Crippen LogP contribution in [-0.2, 0) is 0 Å². The van der Waals surface area contributed by atoms with E-state index in [1.807, 2.05) is 0 Å². The molecule has 0 fully saturated rings. The number of nitrogen functional groups attached to an aromatic ring is 1. The molecule has 0 aliphatic carbocycles. The molecule has 0 saturated heterocycles. The molecule has 1 aromatic heterocycles. The van der Waals surface area contributed by atoms with Gasteiger partial charge in [-0.15, -0.1) is 0 Å². The van der Waals surface area contributed by atoms with Gasteiger partial charge in [-0.3, -0.25) is 0 Å². The monoisotopic (exact) mass is 219 g/mol. The maximum absolute atomic E-state index is 13.4. The normalized spacial score (nSPS) is 10.1. The minimum absolute atomic E-state index is 0.0484. The second kappa shape index (κ2) is 4.14. The molecule has 2 rings (SSSR count). The molecular weight excluding hydrogens is 209 g/mol. The maximum atomic E-state index is 13.4. The highest BCUT2D eigenvalue weighted by Gasteiger charge is 2.08. The first-order valence-electron chi connectivity index (χ1n) is 4.63. The fourth-order valence-corrected chi connectivity index (χ4v) is 1.33. The molecule has 0 radical (unpaired) electrons. The molecule has 0 bridgehead atoms. The van der Waals surface area contributed by atoms with Crippen LogP contribution in [0.25, 0.3) is 11.3 Å². The second-order valence-corrected chi connectivity index (χ2v) is 3.15. The van der Waals surface area contributed by atoms with Crippen molar-refractivity contribution in [3.05, 3.63) is 36.3 Å². The number of methoxy groups -OCH3 is 1. The zero-order valence-electron chi connectivity index (χ0n) is 8.64. The van der Waals surface area contributed by atoms with Gasteiger partial charge in [0.05, 0.1) is 13.3 Å². The van der Waals surface area contributed by atoms with Gasteiger partial charge in [0, 0.05) is 5.56 Å². The van der Waals surface area contributed by atoms with E-state index in [0.29, 0.717) is 11.3 Å². The number of hydrogen-bond donors (Lipinski definition) is 1. The molecule has 2 aromatic rings. The lowest BCUT2D eigenvalue weighted by atomic mass is 10.1. The van der Waals surface area contributed by atoms with Crippen LogP contribution < -0.4 is 10.5 Å². The van der Waals surface area contributed by atoms with Crippen LogP contribution in [0.4, 0.5) is 10.3 Å². The van der Waals surface area contributed by atoms with Crippen molar-refractivity contribution in [1.82, 2.24) is 9.97 Å². The summed E-state index contributed by atoms with van der Waals surface area (Å²) in [7, 11) is 1.57. The van der Waals surface area contributed by atoms with E-state index in [-0.39, 0.29) is 11.6 Å². The Labute approximate surface area is 91.9 Å². The lowest BCUT2D eigenvalue weighted by Crippen LogP contribution is -1.98. The molecule has 0 aliphatic rings. The number of anilines is 1. The molecule has 0 atom stereocenters. The van der Waals surface area contributed by atoms with Crippen molar-refractivity contribution in [2.24, 2.45) is 0 Å². The number of benzene rings is 1. The van der Waals surface area contributed by atoms with E-state index < -0.39 is 5.82 Å². The molecule has 0 amide bonds. The first-order valence-corrected chi connectivity index (χ1v) is 4.63. The molecule has 4 nitrogen and oxygen atoms in total. The molecule has 2 N–H and O–H groups in total. The van der Waals surface area contributed by atoms with Gasteiger partial charge in [0.25, 0.3) is 0 Å². The number of nitrogens with two attached hydrogens (primary N) is 1. The number of halogens is 1. The van der Waals surface area contributed by atoms with Gasteiger partial charge in [-0.25, -0.2) is 14.4 Å². The van der Waals surface area contributed by atoms with Crippen molar-refractivity contribution in [2.45, 2.75) is 0 Å². The number of rotatable bonds is 2.